The van der Waals surface area contributed by atoms with Crippen molar-refractivity contribution in [2.75, 3.05) is 6.61 Å². The highest BCUT2D eigenvalue weighted by Crippen LogP contribution is 2.38. The van der Waals surface area contributed by atoms with E-state index in [-0.39, 0.29) is 18.4 Å². The molecule has 0 saturated heterocycles. The van der Waals surface area contributed by atoms with E-state index >= 15 is 0 Å². The van der Waals surface area contributed by atoms with Crippen molar-refractivity contribution in [3.05, 3.63) is 73.4 Å². The number of esters is 2. The highest BCUT2D eigenvalue weighted by atomic mass is 16.6. The standard InChI is InChI=1S/C25H25N3O8/c1-3-35-25(30)23-15(2)26(16-7-5-4-6-8-16)21-12-10-18(14-20(21)23)36-24(29)19-11-9-17(27(31)32)13-22(19)28(33)34/h9-14,16H,3-8H2,1-2H3. The van der Waals surface area contributed by atoms with Crippen molar-refractivity contribution in [3.63, 3.8) is 0 Å². The van der Waals surface area contributed by atoms with Crippen LogP contribution in [-0.2, 0) is 4.74 Å². The van der Waals surface area contributed by atoms with Gasteiger partial charge in [0.2, 0.25) is 0 Å². The van der Waals surface area contributed by atoms with Crippen LogP contribution < -0.4 is 4.74 Å². The number of hydrogen-bond donors (Lipinski definition) is 0. The summed E-state index contributed by atoms with van der Waals surface area (Å²) in [4.78, 5) is 46.4. The number of benzene rings is 2. The molecule has 2 aromatic carbocycles. The average Bonchev–Trinajstić information content (AvgIpc) is 3.15. The number of nitrogens with zero attached hydrogens (tertiary/aromatic N) is 3. The zero-order valence-electron chi connectivity index (χ0n) is 19.9. The van der Waals surface area contributed by atoms with Crippen LogP contribution >= 0.6 is 0 Å². The van der Waals surface area contributed by atoms with Crippen LogP contribution in [0.15, 0.2) is 36.4 Å². The number of fused-ring (bicyclic) bond motifs is 1. The topological polar surface area (TPSA) is 144 Å². The van der Waals surface area contributed by atoms with Gasteiger partial charge in [-0.1, -0.05) is 19.3 Å². The highest BCUT2D eigenvalue weighted by Gasteiger charge is 2.28. The third-order valence-electron chi connectivity index (χ3n) is 6.46. The lowest BCUT2D eigenvalue weighted by Crippen LogP contribution is -2.15. The van der Waals surface area contributed by atoms with Crippen molar-refractivity contribution in [1.82, 2.24) is 4.57 Å². The Balaban J connectivity index is 1.75. The van der Waals surface area contributed by atoms with Crippen molar-refractivity contribution in [1.29, 1.82) is 0 Å². The number of hydrogen-bond acceptors (Lipinski definition) is 8. The Hall–Kier alpha value is -4.28. The summed E-state index contributed by atoms with van der Waals surface area (Å²) in [7, 11) is 0. The second-order valence-electron chi connectivity index (χ2n) is 8.63. The van der Waals surface area contributed by atoms with E-state index in [2.05, 4.69) is 4.57 Å². The minimum Gasteiger partial charge on any atom is -0.462 e. The largest absolute Gasteiger partial charge is 0.462 e. The number of nitro groups is 2. The zero-order valence-corrected chi connectivity index (χ0v) is 19.9. The van der Waals surface area contributed by atoms with E-state index in [1.807, 2.05) is 6.92 Å². The van der Waals surface area contributed by atoms with Crippen LogP contribution in [-0.4, -0.2) is 33.0 Å². The molecule has 0 unspecified atom stereocenters. The molecule has 1 aliphatic rings. The maximum absolute atomic E-state index is 12.9. The molecule has 3 aromatic rings. The third kappa shape index (κ3) is 4.64. The van der Waals surface area contributed by atoms with Crippen LogP contribution in [0.4, 0.5) is 11.4 Å². The molecule has 1 fully saturated rings. The van der Waals surface area contributed by atoms with Crippen LogP contribution in [0.3, 0.4) is 0 Å². The summed E-state index contributed by atoms with van der Waals surface area (Å²) in [5, 5.41) is 23.0. The average molecular weight is 495 g/mol. The van der Waals surface area contributed by atoms with Crippen molar-refractivity contribution >= 4 is 34.2 Å². The Labute approximate surface area is 205 Å². The number of ether oxygens (including phenoxy) is 2. The fraction of sp³-hybridized carbons (Fsp3) is 0.360. The van der Waals surface area contributed by atoms with Crippen molar-refractivity contribution < 1.29 is 28.9 Å². The van der Waals surface area contributed by atoms with Gasteiger partial charge in [0.1, 0.15) is 11.3 Å². The van der Waals surface area contributed by atoms with Gasteiger partial charge in [0.15, 0.2) is 0 Å². The first kappa shape index (κ1) is 24.8. The molecule has 11 nitrogen and oxygen atoms in total. The molecule has 188 valence electrons. The van der Waals surface area contributed by atoms with Gasteiger partial charge in [-0.25, -0.2) is 9.59 Å². The molecule has 0 bridgehead atoms. The van der Waals surface area contributed by atoms with E-state index in [1.165, 1.54) is 6.42 Å². The lowest BCUT2D eigenvalue weighted by molar-refractivity contribution is -0.394. The lowest BCUT2D eigenvalue weighted by Gasteiger charge is -2.26. The summed E-state index contributed by atoms with van der Waals surface area (Å²) in [6.07, 6.45) is 5.36. The zero-order chi connectivity index (χ0) is 26.0. The van der Waals surface area contributed by atoms with Crippen LogP contribution in [0.25, 0.3) is 10.9 Å². The van der Waals surface area contributed by atoms with Crippen LogP contribution in [0.2, 0.25) is 0 Å². The summed E-state index contributed by atoms with van der Waals surface area (Å²) >= 11 is 0. The molecule has 11 heteroatoms. The molecular weight excluding hydrogens is 470 g/mol. The molecule has 1 aliphatic carbocycles. The molecule has 1 heterocycles. The van der Waals surface area contributed by atoms with Gasteiger partial charge in [-0.15, -0.1) is 0 Å². The van der Waals surface area contributed by atoms with E-state index in [1.54, 1.807) is 25.1 Å². The number of carbonyl (C=O) groups is 2. The monoisotopic (exact) mass is 495 g/mol. The smallest absolute Gasteiger partial charge is 0.350 e. The minimum absolute atomic E-state index is 0.0755. The molecule has 1 aromatic heterocycles. The first-order valence-corrected chi connectivity index (χ1v) is 11.7. The van der Waals surface area contributed by atoms with Crippen LogP contribution in [0, 0.1) is 27.2 Å². The Morgan fingerprint density at radius 3 is 2.36 bits per heavy atom. The fourth-order valence-electron chi connectivity index (χ4n) is 4.87. The first-order valence-electron chi connectivity index (χ1n) is 11.7. The van der Waals surface area contributed by atoms with E-state index in [0.717, 1.165) is 49.0 Å². The number of carbonyl (C=O) groups excluding carboxylic acids is 2. The van der Waals surface area contributed by atoms with Gasteiger partial charge >= 0.3 is 11.9 Å². The Morgan fingerprint density at radius 1 is 1.00 bits per heavy atom. The fourth-order valence-corrected chi connectivity index (χ4v) is 4.87. The quantitative estimate of drug-likeness (QED) is 0.176. The molecule has 1 saturated carbocycles. The summed E-state index contributed by atoms with van der Waals surface area (Å²) in [6, 6.07) is 7.80. The normalized spacial score (nSPS) is 13.9. The second-order valence-corrected chi connectivity index (χ2v) is 8.63. The Bertz CT molecular complexity index is 1370. The first-order chi connectivity index (χ1) is 17.2. The van der Waals surface area contributed by atoms with Crippen molar-refractivity contribution in [3.8, 4) is 5.75 Å². The van der Waals surface area contributed by atoms with Gasteiger partial charge in [0, 0.05) is 28.7 Å². The van der Waals surface area contributed by atoms with E-state index in [0.29, 0.717) is 17.0 Å². The number of non-ortho nitro benzene ring substituents is 1. The summed E-state index contributed by atoms with van der Waals surface area (Å²) in [5.74, 6) is -1.45. The van der Waals surface area contributed by atoms with Gasteiger partial charge in [0.25, 0.3) is 11.4 Å². The maximum Gasteiger partial charge on any atom is 0.350 e. The molecule has 0 spiro atoms. The number of rotatable bonds is 7. The Kier molecular flexibility index (Phi) is 7.00. The molecule has 4 rings (SSSR count). The predicted molar refractivity (Wildman–Crippen MR) is 129 cm³/mol. The van der Waals surface area contributed by atoms with Crippen molar-refractivity contribution in [2.24, 2.45) is 0 Å². The molecule has 0 N–H and O–H groups in total. The van der Waals surface area contributed by atoms with Crippen molar-refractivity contribution in [2.45, 2.75) is 52.0 Å². The van der Waals surface area contributed by atoms with Gasteiger partial charge < -0.3 is 14.0 Å². The van der Waals surface area contributed by atoms with Gasteiger partial charge in [-0.3, -0.25) is 20.2 Å². The molecule has 0 atom stereocenters. The van der Waals surface area contributed by atoms with E-state index in [9.17, 15) is 29.8 Å². The molecule has 36 heavy (non-hydrogen) atoms. The highest BCUT2D eigenvalue weighted by molar-refractivity contribution is 6.06. The summed E-state index contributed by atoms with van der Waals surface area (Å²) in [5.41, 5.74) is 0.289. The lowest BCUT2D eigenvalue weighted by atomic mass is 9.95. The maximum atomic E-state index is 12.9. The van der Waals surface area contributed by atoms with E-state index in [4.69, 9.17) is 9.47 Å². The van der Waals surface area contributed by atoms with Gasteiger partial charge in [0.05, 0.1) is 28.1 Å². The van der Waals surface area contributed by atoms with E-state index < -0.39 is 38.7 Å². The van der Waals surface area contributed by atoms with Gasteiger partial charge in [-0.05, 0) is 51.0 Å². The molecule has 0 amide bonds. The summed E-state index contributed by atoms with van der Waals surface area (Å²) in [6.45, 7) is 3.79. The second kappa shape index (κ2) is 10.1. The molecular formula is C25H25N3O8. The minimum atomic E-state index is -1.04. The summed E-state index contributed by atoms with van der Waals surface area (Å²) < 4.78 is 12.9. The molecule has 0 radical (unpaired) electrons. The number of aromatic nitrogens is 1. The van der Waals surface area contributed by atoms with Gasteiger partial charge in [-0.2, -0.15) is 0 Å². The van der Waals surface area contributed by atoms with Crippen LogP contribution in [0.5, 0.6) is 5.75 Å². The number of nitro benzene ring substituents is 2. The molecule has 0 aliphatic heterocycles. The Morgan fingerprint density at radius 2 is 1.72 bits per heavy atom. The SMILES string of the molecule is CCOC(=O)c1c(C)n(C2CCCCC2)c2ccc(OC(=O)c3ccc([N+](=O)[O-])cc3[N+](=O)[O-])cc12. The predicted octanol–water partition coefficient (Wildman–Crippen LogP) is 5.67. The van der Waals surface area contributed by atoms with Crippen LogP contribution in [0.1, 0.15) is 71.5 Å². The third-order valence-corrected chi connectivity index (χ3v) is 6.46.